The molecule has 4 aromatic rings. The Hall–Kier alpha value is -3.92. The van der Waals surface area contributed by atoms with Gasteiger partial charge in [-0.05, 0) is 42.0 Å². The van der Waals surface area contributed by atoms with Crippen molar-refractivity contribution in [2.75, 3.05) is 25.6 Å². The average molecular weight is 468 g/mol. The van der Waals surface area contributed by atoms with Crippen LogP contribution in [0.1, 0.15) is 5.56 Å². The lowest BCUT2D eigenvalue weighted by molar-refractivity contribution is 0.171. The minimum Gasteiger partial charge on any atom is -0.497 e. The lowest BCUT2D eigenvalue weighted by Gasteiger charge is -2.18. The largest absolute Gasteiger partial charge is 0.497 e. The molecule has 170 valence electrons. The molecule has 2 aromatic carbocycles. The van der Waals surface area contributed by atoms with E-state index in [9.17, 15) is 8.42 Å². The van der Waals surface area contributed by atoms with E-state index in [-0.39, 0.29) is 21.7 Å². The number of methoxy groups -OCH3 is 1. The van der Waals surface area contributed by atoms with Crippen molar-refractivity contribution in [2.45, 2.75) is 16.5 Å². The van der Waals surface area contributed by atoms with Crippen LogP contribution in [0.25, 0.3) is 11.7 Å². The second-order valence-corrected chi connectivity index (χ2v) is 9.01. The van der Waals surface area contributed by atoms with Crippen molar-refractivity contribution in [3.8, 4) is 28.9 Å². The van der Waals surface area contributed by atoms with Crippen LogP contribution in [0, 0.1) is 0 Å². The zero-order chi connectivity index (χ0) is 22.8. The van der Waals surface area contributed by atoms with Crippen LogP contribution in [0.2, 0.25) is 0 Å². The number of aromatic nitrogens is 1. The van der Waals surface area contributed by atoms with E-state index >= 15 is 0 Å². The summed E-state index contributed by atoms with van der Waals surface area (Å²) in [6.45, 7) is 1.06. The first-order valence-electron chi connectivity index (χ1n) is 10.1. The molecule has 1 aliphatic heterocycles. The Kier molecular flexibility index (Phi) is 5.43. The van der Waals surface area contributed by atoms with Crippen LogP contribution in [0.15, 0.2) is 79.6 Å². The maximum Gasteiger partial charge on any atom is 0.266 e. The molecule has 0 unspecified atom stereocenters. The predicted molar refractivity (Wildman–Crippen MR) is 117 cm³/mol. The fourth-order valence-corrected chi connectivity index (χ4v) is 4.63. The number of hydrogen-bond donors (Lipinski definition) is 1. The molecule has 0 amide bonds. The van der Waals surface area contributed by atoms with E-state index in [4.69, 9.17) is 23.0 Å². The summed E-state index contributed by atoms with van der Waals surface area (Å²) >= 11 is 0. The third-order valence-electron chi connectivity index (χ3n) is 5.02. The number of nitrogens with one attached hydrogen (secondary N) is 1. The highest BCUT2D eigenvalue weighted by molar-refractivity contribution is 7.91. The minimum atomic E-state index is -4.05. The van der Waals surface area contributed by atoms with E-state index in [1.807, 2.05) is 24.3 Å². The van der Waals surface area contributed by atoms with Gasteiger partial charge in [-0.1, -0.05) is 12.1 Å². The van der Waals surface area contributed by atoms with Crippen LogP contribution in [-0.2, 0) is 16.4 Å². The Balaban J connectivity index is 1.50. The van der Waals surface area contributed by atoms with E-state index in [1.165, 1.54) is 18.4 Å². The molecule has 10 heteroatoms. The average Bonchev–Trinajstić information content (AvgIpc) is 3.53. The number of sulfone groups is 1. The highest BCUT2D eigenvalue weighted by Gasteiger charge is 2.30. The van der Waals surface area contributed by atoms with Gasteiger partial charge in [-0.25, -0.2) is 8.42 Å². The van der Waals surface area contributed by atoms with E-state index in [0.29, 0.717) is 37.0 Å². The molecule has 1 N–H and O–H groups in total. The number of furan rings is 1. The van der Waals surface area contributed by atoms with Gasteiger partial charge in [0.1, 0.15) is 19.0 Å². The van der Waals surface area contributed by atoms with E-state index in [0.717, 1.165) is 11.3 Å². The molecule has 0 spiro atoms. The smallest absolute Gasteiger partial charge is 0.266 e. The van der Waals surface area contributed by atoms with Gasteiger partial charge in [-0.15, -0.1) is 0 Å². The number of hydrogen-bond acceptors (Lipinski definition) is 9. The topological polar surface area (TPSA) is 113 Å². The van der Waals surface area contributed by atoms with Gasteiger partial charge in [-0.3, -0.25) is 0 Å². The summed E-state index contributed by atoms with van der Waals surface area (Å²) in [5.74, 6) is 1.95. The van der Waals surface area contributed by atoms with Gasteiger partial charge in [0.15, 0.2) is 17.3 Å². The Morgan fingerprint density at radius 1 is 1.03 bits per heavy atom. The van der Waals surface area contributed by atoms with Gasteiger partial charge in [0.2, 0.25) is 20.7 Å². The van der Waals surface area contributed by atoms with E-state index < -0.39 is 9.84 Å². The highest BCUT2D eigenvalue weighted by Crippen LogP contribution is 2.37. The van der Waals surface area contributed by atoms with Gasteiger partial charge < -0.3 is 28.4 Å². The maximum absolute atomic E-state index is 13.5. The van der Waals surface area contributed by atoms with Crippen molar-refractivity contribution in [1.29, 1.82) is 0 Å². The van der Waals surface area contributed by atoms with Crippen molar-refractivity contribution in [1.82, 2.24) is 4.98 Å². The van der Waals surface area contributed by atoms with Crippen molar-refractivity contribution in [3.63, 3.8) is 0 Å². The summed E-state index contributed by atoms with van der Waals surface area (Å²) in [5, 5.41) is 2.79. The summed E-state index contributed by atoms with van der Waals surface area (Å²) in [6, 6.07) is 15.1. The zero-order valence-corrected chi connectivity index (χ0v) is 18.4. The monoisotopic (exact) mass is 468 g/mol. The van der Waals surface area contributed by atoms with Crippen molar-refractivity contribution in [3.05, 3.63) is 66.4 Å². The van der Waals surface area contributed by atoms with Crippen LogP contribution in [0.3, 0.4) is 0 Å². The summed E-state index contributed by atoms with van der Waals surface area (Å²) < 4.78 is 54.3. The molecule has 5 rings (SSSR count). The zero-order valence-electron chi connectivity index (χ0n) is 17.6. The van der Waals surface area contributed by atoms with Gasteiger partial charge in [-0.2, -0.15) is 4.98 Å². The number of oxazole rings is 1. The van der Waals surface area contributed by atoms with Crippen molar-refractivity contribution in [2.24, 2.45) is 0 Å². The predicted octanol–water partition coefficient (Wildman–Crippen LogP) is 4.16. The summed E-state index contributed by atoms with van der Waals surface area (Å²) in [4.78, 5) is 4.26. The maximum atomic E-state index is 13.5. The van der Waals surface area contributed by atoms with E-state index in [1.54, 1.807) is 25.3 Å². The molecule has 0 radical (unpaired) electrons. The van der Waals surface area contributed by atoms with Crippen LogP contribution >= 0.6 is 0 Å². The first-order valence-corrected chi connectivity index (χ1v) is 11.6. The SMILES string of the molecule is COc1ccc(CNc2oc(-c3ccco3)nc2S(=O)(=O)c2ccc3c(c2)OCCO3)cc1. The molecule has 0 saturated carbocycles. The fourth-order valence-electron chi connectivity index (χ4n) is 3.33. The third kappa shape index (κ3) is 4.12. The molecular weight excluding hydrogens is 448 g/mol. The second-order valence-electron chi connectivity index (χ2n) is 7.14. The number of fused-ring (bicyclic) bond motifs is 1. The standard InChI is InChI=1S/C23H20N2O7S/c1-28-16-6-4-15(5-7-16)14-24-22-23(25-21(32-22)19-3-2-10-29-19)33(26,27)17-8-9-18-20(13-17)31-12-11-30-18/h2-10,13,24H,11-12,14H2,1H3. The number of rotatable bonds is 7. The molecule has 0 fully saturated rings. The molecule has 0 saturated heterocycles. The Labute approximate surface area is 189 Å². The van der Waals surface area contributed by atoms with Gasteiger partial charge in [0, 0.05) is 12.6 Å². The molecule has 2 aromatic heterocycles. The van der Waals surface area contributed by atoms with E-state index in [2.05, 4.69) is 10.3 Å². The summed E-state index contributed by atoms with van der Waals surface area (Å²) in [5.41, 5.74) is 0.898. The summed E-state index contributed by atoms with van der Waals surface area (Å²) in [7, 11) is -2.46. The molecule has 0 aliphatic carbocycles. The number of anilines is 1. The molecular formula is C23H20N2O7S. The first-order chi connectivity index (χ1) is 16.0. The number of nitrogens with zero attached hydrogens (tertiary/aromatic N) is 1. The van der Waals surface area contributed by atoms with Crippen LogP contribution < -0.4 is 19.5 Å². The minimum absolute atomic E-state index is 0.00658. The summed E-state index contributed by atoms with van der Waals surface area (Å²) in [6.07, 6.45) is 1.46. The molecule has 9 nitrogen and oxygen atoms in total. The number of benzene rings is 2. The third-order valence-corrected chi connectivity index (χ3v) is 6.68. The Morgan fingerprint density at radius 3 is 2.55 bits per heavy atom. The molecule has 3 heterocycles. The second kappa shape index (κ2) is 8.55. The van der Waals surface area contributed by atoms with Crippen molar-refractivity contribution < 1.29 is 31.5 Å². The Bertz CT molecular complexity index is 1360. The molecule has 1 aliphatic rings. The van der Waals surface area contributed by atoms with Crippen molar-refractivity contribution >= 4 is 15.7 Å². The lowest BCUT2D eigenvalue weighted by Crippen LogP contribution is -2.16. The molecule has 33 heavy (non-hydrogen) atoms. The lowest BCUT2D eigenvalue weighted by atomic mass is 10.2. The molecule has 0 atom stereocenters. The van der Waals surface area contributed by atoms with Crippen LogP contribution in [0.4, 0.5) is 5.88 Å². The first kappa shape index (κ1) is 21.0. The van der Waals surface area contributed by atoms with Gasteiger partial charge >= 0.3 is 0 Å². The quantitative estimate of drug-likeness (QED) is 0.427. The molecule has 0 bridgehead atoms. The number of ether oxygens (including phenoxy) is 3. The highest BCUT2D eigenvalue weighted by atomic mass is 32.2. The van der Waals surface area contributed by atoms with Crippen LogP contribution in [0.5, 0.6) is 17.2 Å². The van der Waals surface area contributed by atoms with Gasteiger partial charge in [0.25, 0.3) is 5.89 Å². The van der Waals surface area contributed by atoms with Gasteiger partial charge in [0.05, 0.1) is 18.3 Å². The van der Waals surface area contributed by atoms with Crippen LogP contribution in [-0.4, -0.2) is 33.7 Å². The Morgan fingerprint density at radius 2 is 1.82 bits per heavy atom. The fraction of sp³-hybridized carbons (Fsp3) is 0.174. The normalized spacial score (nSPS) is 13.0.